The van der Waals surface area contributed by atoms with Crippen LogP contribution in [-0.4, -0.2) is 19.5 Å². The minimum Gasteiger partial charge on any atom is -0.308 e. The Hall–Kier alpha value is -1.95. The summed E-state index contributed by atoms with van der Waals surface area (Å²) in [6.45, 7) is 6.03. The van der Waals surface area contributed by atoms with Gasteiger partial charge in [0.1, 0.15) is 23.3 Å². The first-order valence-electron chi connectivity index (χ1n) is 6.07. The number of nitrogens with two attached hydrogens (primary N) is 1. The van der Waals surface area contributed by atoms with E-state index in [4.69, 9.17) is 5.84 Å². The maximum absolute atomic E-state index is 5.50. The van der Waals surface area contributed by atoms with E-state index in [0.717, 1.165) is 35.9 Å². The SMILES string of the molecule is CCc1nc(NN)c(C)c(-n2ccnc2CC)n1. The molecule has 18 heavy (non-hydrogen) atoms. The predicted molar refractivity (Wildman–Crippen MR) is 70.5 cm³/mol. The molecule has 0 aliphatic rings. The quantitative estimate of drug-likeness (QED) is 0.629. The molecule has 0 amide bonds. The van der Waals surface area contributed by atoms with Crippen LogP contribution >= 0.6 is 0 Å². The molecule has 2 heterocycles. The van der Waals surface area contributed by atoms with Gasteiger partial charge in [-0.25, -0.2) is 20.8 Å². The number of rotatable bonds is 4. The summed E-state index contributed by atoms with van der Waals surface area (Å²) in [5.74, 6) is 8.74. The van der Waals surface area contributed by atoms with Crippen LogP contribution in [-0.2, 0) is 12.8 Å². The molecule has 6 heteroatoms. The van der Waals surface area contributed by atoms with Crippen LogP contribution in [0.25, 0.3) is 5.82 Å². The van der Waals surface area contributed by atoms with Gasteiger partial charge in [0.2, 0.25) is 0 Å². The van der Waals surface area contributed by atoms with E-state index in [2.05, 4.69) is 27.3 Å². The van der Waals surface area contributed by atoms with Crippen molar-refractivity contribution in [2.45, 2.75) is 33.6 Å². The van der Waals surface area contributed by atoms with E-state index in [-0.39, 0.29) is 0 Å². The highest BCUT2D eigenvalue weighted by atomic mass is 15.3. The van der Waals surface area contributed by atoms with Gasteiger partial charge in [0, 0.05) is 30.8 Å². The Balaban J connectivity index is 2.62. The molecular formula is C12H18N6. The normalized spacial score (nSPS) is 10.7. The van der Waals surface area contributed by atoms with Gasteiger partial charge in [-0.2, -0.15) is 0 Å². The minimum atomic E-state index is 0.660. The molecule has 0 saturated carbocycles. The Morgan fingerprint density at radius 1 is 1.28 bits per heavy atom. The molecule has 2 aromatic rings. The first-order chi connectivity index (χ1) is 8.71. The van der Waals surface area contributed by atoms with Gasteiger partial charge in [-0.05, 0) is 6.92 Å². The van der Waals surface area contributed by atoms with Gasteiger partial charge in [0.05, 0.1) is 0 Å². The molecule has 0 fully saturated rings. The largest absolute Gasteiger partial charge is 0.308 e. The maximum atomic E-state index is 5.50. The van der Waals surface area contributed by atoms with E-state index in [1.807, 2.05) is 24.6 Å². The fraction of sp³-hybridized carbons (Fsp3) is 0.417. The molecule has 3 N–H and O–H groups in total. The Morgan fingerprint density at radius 2 is 2.06 bits per heavy atom. The molecule has 0 aromatic carbocycles. The molecule has 2 aromatic heterocycles. The molecule has 0 bridgehead atoms. The number of hydrogen-bond donors (Lipinski definition) is 2. The van der Waals surface area contributed by atoms with Crippen LogP contribution in [0, 0.1) is 6.92 Å². The number of hydrazine groups is 1. The van der Waals surface area contributed by atoms with Gasteiger partial charge in [-0.1, -0.05) is 13.8 Å². The van der Waals surface area contributed by atoms with Crippen LogP contribution in [0.2, 0.25) is 0 Å². The smallest absolute Gasteiger partial charge is 0.148 e. The number of aromatic nitrogens is 4. The van der Waals surface area contributed by atoms with Crippen LogP contribution in [0.5, 0.6) is 0 Å². The summed E-state index contributed by atoms with van der Waals surface area (Å²) in [5.41, 5.74) is 3.54. The number of aryl methyl sites for hydroxylation is 2. The molecule has 0 radical (unpaired) electrons. The highest BCUT2D eigenvalue weighted by Crippen LogP contribution is 2.20. The van der Waals surface area contributed by atoms with Gasteiger partial charge in [-0.3, -0.25) is 4.57 Å². The van der Waals surface area contributed by atoms with E-state index in [0.29, 0.717) is 5.82 Å². The van der Waals surface area contributed by atoms with Crippen molar-refractivity contribution in [1.82, 2.24) is 19.5 Å². The molecule has 2 rings (SSSR count). The number of anilines is 1. The molecule has 0 aliphatic carbocycles. The molecule has 96 valence electrons. The van der Waals surface area contributed by atoms with Gasteiger partial charge in [0.15, 0.2) is 0 Å². The third-order valence-corrected chi connectivity index (χ3v) is 2.88. The van der Waals surface area contributed by atoms with E-state index < -0.39 is 0 Å². The summed E-state index contributed by atoms with van der Waals surface area (Å²) in [6.07, 6.45) is 5.30. The number of hydrogen-bond acceptors (Lipinski definition) is 5. The van der Waals surface area contributed by atoms with Crippen molar-refractivity contribution in [3.05, 3.63) is 29.6 Å². The first-order valence-corrected chi connectivity index (χ1v) is 6.07. The average molecular weight is 246 g/mol. The van der Waals surface area contributed by atoms with Crippen molar-refractivity contribution in [2.24, 2.45) is 5.84 Å². The van der Waals surface area contributed by atoms with E-state index >= 15 is 0 Å². The highest BCUT2D eigenvalue weighted by Gasteiger charge is 2.13. The maximum Gasteiger partial charge on any atom is 0.148 e. The van der Waals surface area contributed by atoms with Crippen molar-refractivity contribution < 1.29 is 0 Å². The second kappa shape index (κ2) is 5.14. The lowest BCUT2D eigenvalue weighted by molar-refractivity contribution is 0.826. The Labute approximate surface area is 106 Å². The number of nitrogen functional groups attached to an aromatic ring is 1. The lowest BCUT2D eigenvalue weighted by atomic mass is 10.3. The van der Waals surface area contributed by atoms with Gasteiger partial charge >= 0.3 is 0 Å². The lowest BCUT2D eigenvalue weighted by Gasteiger charge is -2.13. The summed E-state index contributed by atoms with van der Waals surface area (Å²) in [6, 6.07) is 0. The monoisotopic (exact) mass is 246 g/mol. The second-order valence-corrected chi connectivity index (χ2v) is 4.00. The van der Waals surface area contributed by atoms with Crippen LogP contribution in [0.3, 0.4) is 0 Å². The lowest BCUT2D eigenvalue weighted by Crippen LogP contribution is -2.15. The molecular weight excluding hydrogens is 228 g/mol. The molecule has 0 unspecified atom stereocenters. The molecule has 0 atom stereocenters. The highest BCUT2D eigenvalue weighted by molar-refractivity contribution is 5.51. The Kier molecular flexibility index (Phi) is 3.57. The summed E-state index contributed by atoms with van der Waals surface area (Å²) >= 11 is 0. The molecule has 0 saturated heterocycles. The predicted octanol–water partition coefficient (Wildman–Crippen LogP) is 1.38. The zero-order valence-corrected chi connectivity index (χ0v) is 10.9. The van der Waals surface area contributed by atoms with Crippen LogP contribution < -0.4 is 11.3 Å². The van der Waals surface area contributed by atoms with Gasteiger partial charge in [0.25, 0.3) is 0 Å². The minimum absolute atomic E-state index is 0.660. The van der Waals surface area contributed by atoms with Crippen molar-refractivity contribution in [1.29, 1.82) is 0 Å². The number of nitrogens with zero attached hydrogens (tertiary/aromatic N) is 4. The zero-order chi connectivity index (χ0) is 13.1. The van der Waals surface area contributed by atoms with Gasteiger partial charge < -0.3 is 5.43 Å². The topological polar surface area (TPSA) is 81.6 Å². The molecule has 6 nitrogen and oxygen atoms in total. The standard InChI is InChI=1S/C12H18N6/c1-4-9-15-11(17-13)8(3)12(16-9)18-7-6-14-10(18)5-2/h6-7H,4-5,13H2,1-3H3,(H,15,16,17). The van der Waals surface area contributed by atoms with Crippen molar-refractivity contribution in [2.75, 3.05) is 5.43 Å². The summed E-state index contributed by atoms with van der Waals surface area (Å²) in [4.78, 5) is 13.2. The summed E-state index contributed by atoms with van der Waals surface area (Å²) in [7, 11) is 0. The first kappa shape index (κ1) is 12.5. The van der Waals surface area contributed by atoms with Crippen LogP contribution in [0.4, 0.5) is 5.82 Å². The molecule has 0 spiro atoms. The van der Waals surface area contributed by atoms with Crippen LogP contribution in [0.1, 0.15) is 31.1 Å². The summed E-state index contributed by atoms with van der Waals surface area (Å²) in [5, 5.41) is 0. The zero-order valence-electron chi connectivity index (χ0n) is 10.9. The average Bonchev–Trinajstić information content (AvgIpc) is 2.87. The van der Waals surface area contributed by atoms with Crippen molar-refractivity contribution >= 4 is 5.82 Å². The van der Waals surface area contributed by atoms with Gasteiger partial charge in [-0.15, -0.1) is 0 Å². The third kappa shape index (κ3) is 2.06. The fourth-order valence-corrected chi connectivity index (χ4v) is 1.87. The third-order valence-electron chi connectivity index (χ3n) is 2.88. The van der Waals surface area contributed by atoms with E-state index in [9.17, 15) is 0 Å². The molecule has 0 aliphatic heterocycles. The number of nitrogens with one attached hydrogen (secondary N) is 1. The van der Waals surface area contributed by atoms with Crippen molar-refractivity contribution in [3.8, 4) is 5.82 Å². The summed E-state index contributed by atoms with van der Waals surface area (Å²) < 4.78 is 1.98. The van der Waals surface area contributed by atoms with E-state index in [1.54, 1.807) is 6.20 Å². The van der Waals surface area contributed by atoms with Crippen LogP contribution in [0.15, 0.2) is 12.4 Å². The van der Waals surface area contributed by atoms with Crippen molar-refractivity contribution in [3.63, 3.8) is 0 Å². The number of imidazole rings is 1. The Bertz CT molecular complexity index is 545. The van der Waals surface area contributed by atoms with E-state index in [1.165, 1.54) is 0 Å². The fourth-order valence-electron chi connectivity index (χ4n) is 1.87. The Morgan fingerprint density at radius 3 is 2.67 bits per heavy atom. The second-order valence-electron chi connectivity index (χ2n) is 4.00.